The standard InChI is InChI=1S/C23H24O3P2/c1-23(2,3)28(24)20-15-14-19-21(26-16-25-19)22(20)27(17-10-6-4-7-11-17)18-12-8-5-9-13-18/h4-15,28H,16H2,1-3H3. The highest BCUT2D eigenvalue weighted by Crippen LogP contribution is 2.46. The largest absolute Gasteiger partial charge is 0.454 e. The van der Waals surface area contributed by atoms with Gasteiger partial charge in [0.05, 0.1) is 0 Å². The normalized spacial score (nSPS) is 14.3. The lowest BCUT2D eigenvalue weighted by molar-refractivity contribution is 0.174. The van der Waals surface area contributed by atoms with E-state index in [9.17, 15) is 4.57 Å². The zero-order chi connectivity index (χ0) is 19.7. The summed E-state index contributed by atoms with van der Waals surface area (Å²) in [4.78, 5) is 0. The van der Waals surface area contributed by atoms with Gasteiger partial charge in [-0.25, -0.2) is 0 Å². The van der Waals surface area contributed by atoms with Gasteiger partial charge in [0.2, 0.25) is 6.79 Å². The van der Waals surface area contributed by atoms with Crippen LogP contribution in [-0.4, -0.2) is 11.9 Å². The van der Waals surface area contributed by atoms with Crippen LogP contribution in [0.1, 0.15) is 20.8 Å². The van der Waals surface area contributed by atoms with Crippen LogP contribution in [0.15, 0.2) is 72.8 Å². The maximum absolute atomic E-state index is 13.6. The van der Waals surface area contributed by atoms with Crippen LogP contribution < -0.4 is 30.7 Å². The van der Waals surface area contributed by atoms with Crippen LogP contribution in [0.2, 0.25) is 0 Å². The summed E-state index contributed by atoms with van der Waals surface area (Å²) in [6.45, 7) is 6.32. The summed E-state index contributed by atoms with van der Waals surface area (Å²) in [6, 6.07) is 24.7. The molecule has 1 aliphatic heterocycles. The number of ether oxygens (including phenoxy) is 2. The first kappa shape index (κ1) is 19.2. The Kier molecular flexibility index (Phi) is 5.32. The second-order valence-electron chi connectivity index (χ2n) is 7.78. The molecule has 0 radical (unpaired) electrons. The molecule has 0 saturated heterocycles. The molecule has 0 aliphatic carbocycles. The van der Waals surface area contributed by atoms with Gasteiger partial charge in [-0.2, -0.15) is 0 Å². The van der Waals surface area contributed by atoms with Crippen molar-refractivity contribution in [1.29, 1.82) is 0 Å². The average Bonchev–Trinajstić information content (AvgIpc) is 3.18. The van der Waals surface area contributed by atoms with E-state index >= 15 is 0 Å². The van der Waals surface area contributed by atoms with E-state index in [1.54, 1.807) is 0 Å². The van der Waals surface area contributed by atoms with Crippen molar-refractivity contribution in [1.82, 2.24) is 0 Å². The Bertz CT molecular complexity index is 956. The molecule has 3 aromatic rings. The van der Waals surface area contributed by atoms with Crippen LogP contribution in [-0.2, 0) is 4.57 Å². The summed E-state index contributed by atoms with van der Waals surface area (Å²) in [5, 5.41) is 4.04. The second-order valence-corrected chi connectivity index (χ2v) is 12.6. The Morgan fingerprint density at radius 2 is 1.39 bits per heavy atom. The minimum atomic E-state index is -2.06. The molecule has 1 atom stereocenters. The van der Waals surface area contributed by atoms with Crippen LogP contribution in [0.3, 0.4) is 0 Å². The number of benzene rings is 3. The lowest BCUT2D eigenvalue weighted by Crippen LogP contribution is -2.32. The molecular weight excluding hydrogens is 386 g/mol. The monoisotopic (exact) mass is 410 g/mol. The summed E-state index contributed by atoms with van der Waals surface area (Å²) < 4.78 is 25.2. The maximum atomic E-state index is 13.6. The van der Waals surface area contributed by atoms with Crippen molar-refractivity contribution in [3.8, 4) is 11.5 Å². The van der Waals surface area contributed by atoms with Gasteiger partial charge in [0.25, 0.3) is 0 Å². The SMILES string of the molecule is CC(C)(C)[PH](=O)c1ccc2c(c1P(c1ccccc1)c1ccccc1)OCO2. The van der Waals surface area contributed by atoms with Crippen molar-refractivity contribution in [2.75, 3.05) is 6.79 Å². The molecular formula is C23H24O3P2. The minimum absolute atomic E-state index is 0.203. The summed E-state index contributed by atoms with van der Waals surface area (Å²) in [6.07, 6.45) is 0. The Hall–Kier alpha value is -2.08. The van der Waals surface area contributed by atoms with Crippen molar-refractivity contribution >= 4 is 36.9 Å². The lowest BCUT2D eigenvalue weighted by Gasteiger charge is -2.26. The Morgan fingerprint density at radius 1 is 0.821 bits per heavy atom. The molecule has 1 aliphatic rings. The number of fused-ring (bicyclic) bond motifs is 1. The molecule has 1 unspecified atom stereocenters. The van der Waals surface area contributed by atoms with E-state index in [-0.39, 0.29) is 11.9 Å². The van der Waals surface area contributed by atoms with Crippen molar-refractivity contribution in [2.24, 2.45) is 0 Å². The molecule has 0 fully saturated rings. The molecule has 3 aromatic carbocycles. The van der Waals surface area contributed by atoms with Gasteiger partial charge in [-0.3, -0.25) is 0 Å². The first-order valence-corrected chi connectivity index (χ1v) is 12.1. The molecule has 4 rings (SSSR count). The van der Waals surface area contributed by atoms with E-state index in [0.29, 0.717) is 0 Å². The van der Waals surface area contributed by atoms with E-state index in [1.165, 1.54) is 10.6 Å². The predicted octanol–water partition coefficient (Wildman–Crippen LogP) is 4.16. The van der Waals surface area contributed by atoms with E-state index in [2.05, 4.69) is 48.5 Å². The van der Waals surface area contributed by atoms with Crippen LogP contribution in [0, 0.1) is 0 Å². The molecule has 28 heavy (non-hydrogen) atoms. The van der Waals surface area contributed by atoms with Gasteiger partial charge in [-0.05, 0) is 30.7 Å². The summed E-state index contributed by atoms with van der Waals surface area (Å²) in [7, 11) is -2.99. The van der Waals surface area contributed by atoms with Gasteiger partial charge in [0.1, 0.15) is 7.80 Å². The van der Waals surface area contributed by atoms with Crippen molar-refractivity contribution in [3.05, 3.63) is 72.8 Å². The Morgan fingerprint density at radius 3 is 1.93 bits per heavy atom. The summed E-state index contributed by atoms with van der Waals surface area (Å²) in [5.41, 5.74) is 0. The predicted molar refractivity (Wildman–Crippen MR) is 120 cm³/mol. The smallest absolute Gasteiger partial charge is 0.231 e. The highest BCUT2D eigenvalue weighted by Gasteiger charge is 2.33. The van der Waals surface area contributed by atoms with Crippen LogP contribution in [0.25, 0.3) is 0 Å². The molecule has 0 saturated carbocycles. The summed E-state index contributed by atoms with van der Waals surface area (Å²) in [5.74, 6) is 1.49. The molecule has 1 heterocycles. The van der Waals surface area contributed by atoms with Gasteiger partial charge in [0, 0.05) is 15.8 Å². The number of rotatable bonds is 4. The topological polar surface area (TPSA) is 35.5 Å². The molecule has 0 spiro atoms. The van der Waals surface area contributed by atoms with Crippen molar-refractivity contribution in [2.45, 2.75) is 25.9 Å². The first-order chi connectivity index (χ1) is 13.5. The maximum Gasteiger partial charge on any atom is 0.231 e. The van der Waals surface area contributed by atoms with Gasteiger partial charge < -0.3 is 14.0 Å². The third-order valence-corrected chi connectivity index (χ3v) is 9.69. The lowest BCUT2D eigenvalue weighted by atomic mass is 10.3. The van der Waals surface area contributed by atoms with E-state index in [0.717, 1.165) is 22.1 Å². The summed E-state index contributed by atoms with van der Waals surface area (Å²) >= 11 is 0. The zero-order valence-electron chi connectivity index (χ0n) is 16.3. The second kappa shape index (κ2) is 7.74. The fourth-order valence-corrected chi connectivity index (χ4v) is 7.79. The van der Waals surface area contributed by atoms with E-state index in [1.807, 2.05) is 45.0 Å². The van der Waals surface area contributed by atoms with Gasteiger partial charge in [-0.15, -0.1) is 0 Å². The Balaban J connectivity index is 2.01. The highest BCUT2D eigenvalue weighted by molar-refractivity contribution is 7.81. The van der Waals surface area contributed by atoms with Crippen molar-refractivity contribution in [3.63, 3.8) is 0 Å². The molecule has 3 nitrogen and oxygen atoms in total. The Labute approximate surface area is 168 Å². The number of hydrogen-bond donors (Lipinski definition) is 0. The highest BCUT2D eigenvalue weighted by atomic mass is 31.1. The fourth-order valence-electron chi connectivity index (χ4n) is 3.33. The van der Waals surface area contributed by atoms with E-state index in [4.69, 9.17) is 9.47 Å². The van der Waals surface area contributed by atoms with Crippen molar-refractivity contribution < 1.29 is 14.0 Å². The van der Waals surface area contributed by atoms with Crippen LogP contribution >= 0.6 is 15.7 Å². The average molecular weight is 410 g/mol. The van der Waals surface area contributed by atoms with Gasteiger partial charge in [0.15, 0.2) is 11.5 Å². The van der Waals surface area contributed by atoms with E-state index < -0.39 is 15.7 Å². The number of hydrogen-bond acceptors (Lipinski definition) is 3. The zero-order valence-corrected chi connectivity index (χ0v) is 18.2. The molecule has 0 aromatic heterocycles. The molecule has 0 bridgehead atoms. The minimum Gasteiger partial charge on any atom is -0.454 e. The molecule has 0 N–H and O–H groups in total. The van der Waals surface area contributed by atoms with Crippen LogP contribution in [0.4, 0.5) is 0 Å². The molecule has 144 valence electrons. The molecule has 0 amide bonds. The van der Waals surface area contributed by atoms with Gasteiger partial charge in [-0.1, -0.05) is 81.4 Å². The quantitative estimate of drug-likeness (QED) is 0.606. The third kappa shape index (κ3) is 3.62. The third-order valence-electron chi connectivity index (χ3n) is 4.69. The molecule has 5 heteroatoms. The van der Waals surface area contributed by atoms with Crippen LogP contribution in [0.5, 0.6) is 11.5 Å². The first-order valence-electron chi connectivity index (χ1n) is 9.34. The fraction of sp³-hybridized carbons (Fsp3) is 0.217. The van der Waals surface area contributed by atoms with Gasteiger partial charge >= 0.3 is 0 Å².